The third kappa shape index (κ3) is 2.91. The quantitative estimate of drug-likeness (QED) is 0.652. The zero-order valence-corrected chi connectivity index (χ0v) is 10.9. The molecule has 1 saturated heterocycles. The molecule has 0 bridgehead atoms. The minimum atomic E-state index is -3.78. The van der Waals surface area contributed by atoms with Gasteiger partial charge in [-0.25, -0.2) is 8.42 Å². The van der Waals surface area contributed by atoms with Crippen LogP contribution in [0.2, 0.25) is 0 Å². The highest BCUT2D eigenvalue weighted by Gasteiger charge is 2.30. The summed E-state index contributed by atoms with van der Waals surface area (Å²) in [7, 11) is -3.78. The number of piperidine rings is 1. The Labute approximate surface area is 110 Å². The molecular formula is C11H14N2O5S. The van der Waals surface area contributed by atoms with Crippen LogP contribution < -0.4 is 0 Å². The number of non-ortho nitro benzene ring substituents is 1. The number of benzene rings is 1. The van der Waals surface area contributed by atoms with Crippen molar-refractivity contribution in [3.8, 4) is 0 Å². The number of nitro benzene ring substituents is 1. The van der Waals surface area contributed by atoms with E-state index in [1.807, 2.05) is 0 Å². The summed E-state index contributed by atoms with van der Waals surface area (Å²) in [5.41, 5.74) is -0.265. The first kappa shape index (κ1) is 13.9. The lowest BCUT2D eigenvalue weighted by atomic mass is 10.1. The maximum Gasteiger partial charge on any atom is 0.270 e. The number of β-amino-alcohol motifs (C(OH)–C–C–N with tert-alkyl or cyclic N) is 1. The standard InChI is InChI=1S/C11H14N2O5S/c14-10-4-2-6-12(8-10)19(17,18)11-5-1-3-9(7-11)13(15)16/h1,3,5,7,10,14H,2,4,6,8H2/t10-/m0/s1. The summed E-state index contributed by atoms with van der Waals surface area (Å²) in [6.07, 6.45) is 0.471. The van der Waals surface area contributed by atoms with Crippen LogP contribution in [0.4, 0.5) is 5.69 Å². The molecule has 0 radical (unpaired) electrons. The lowest BCUT2D eigenvalue weighted by Crippen LogP contribution is -2.42. The van der Waals surface area contributed by atoms with Gasteiger partial charge in [0.25, 0.3) is 5.69 Å². The van der Waals surface area contributed by atoms with Gasteiger partial charge in [0.2, 0.25) is 10.0 Å². The molecule has 0 saturated carbocycles. The van der Waals surface area contributed by atoms with E-state index in [0.717, 1.165) is 6.07 Å². The number of aliphatic hydroxyl groups excluding tert-OH is 1. The van der Waals surface area contributed by atoms with Gasteiger partial charge in [0.1, 0.15) is 0 Å². The third-order valence-corrected chi connectivity index (χ3v) is 4.89. The van der Waals surface area contributed by atoms with Gasteiger partial charge in [-0.2, -0.15) is 4.31 Å². The Morgan fingerprint density at radius 3 is 2.79 bits per heavy atom. The number of nitrogens with zero attached hydrogens (tertiary/aromatic N) is 2. The number of rotatable bonds is 3. The van der Waals surface area contributed by atoms with Gasteiger partial charge in [-0.15, -0.1) is 0 Å². The van der Waals surface area contributed by atoms with E-state index in [2.05, 4.69) is 0 Å². The van der Waals surface area contributed by atoms with E-state index in [4.69, 9.17) is 0 Å². The second-order valence-electron chi connectivity index (χ2n) is 4.41. The molecule has 1 fully saturated rings. The predicted molar refractivity (Wildman–Crippen MR) is 67.1 cm³/mol. The molecule has 19 heavy (non-hydrogen) atoms. The number of aliphatic hydroxyl groups is 1. The van der Waals surface area contributed by atoms with E-state index < -0.39 is 21.1 Å². The summed E-state index contributed by atoms with van der Waals surface area (Å²) in [6.45, 7) is 0.354. The van der Waals surface area contributed by atoms with Gasteiger partial charge in [-0.05, 0) is 18.9 Å². The molecular weight excluding hydrogens is 272 g/mol. The van der Waals surface area contributed by atoms with Gasteiger partial charge in [0.05, 0.1) is 15.9 Å². The molecule has 104 valence electrons. The summed E-state index contributed by atoms with van der Waals surface area (Å²) in [4.78, 5) is 9.92. The second-order valence-corrected chi connectivity index (χ2v) is 6.35. The maximum absolute atomic E-state index is 12.3. The molecule has 8 heteroatoms. The highest BCUT2D eigenvalue weighted by atomic mass is 32.2. The molecule has 0 aliphatic carbocycles. The Balaban J connectivity index is 2.33. The molecule has 1 aromatic rings. The highest BCUT2D eigenvalue weighted by Crippen LogP contribution is 2.23. The van der Waals surface area contributed by atoms with Gasteiger partial charge in [-0.1, -0.05) is 6.07 Å². The zero-order chi connectivity index (χ0) is 14.0. The van der Waals surface area contributed by atoms with Gasteiger partial charge in [-0.3, -0.25) is 10.1 Å². The molecule has 0 unspecified atom stereocenters. The van der Waals surface area contributed by atoms with Crippen LogP contribution in [-0.2, 0) is 10.0 Å². The summed E-state index contributed by atoms with van der Waals surface area (Å²) in [5, 5.41) is 20.2. The third-order valence-electron chi connectivity index (χ3n) is 3.03. The van der Waals surface area contributed by atoms with Gasteiger partial charge >= 0.3 is 0 Å². The lowest BCUT2D eigenvalue weighted by molar-refractivity contribution is -0.385. The van der Waals surface area contributed by atoms with Crippen LogP contribution in [0.1, 0.15) is 12.8 Å². The van der Waals surface area contributed by atoms with Crippen molar-refractivity contribution in [2.45, 2.75) is 23.8 Å². The molecule has 1 heterocycles. The molecule has 1 atom stereocenters. The van der Waals surface area contributed by atoms with E-state index in [9.17, 15) is 23.6 Å². The van der Waals surface area contributed by atoms with E-state index in [1.54, 1.807) is 0 Å². The largest absolute Gasteiger partial charge is 0.392 e. The molecule has 1 aliphatic rings. The fraction of sp³-hybridized carbons (Fsp3) is 0.455. The molecule has 0 aromatic heterocycles. The smallest absolute Gasteiger partial charge is 0.270 e. The molecule has 0 amide bonds. The fourth-order valence-corrected chi connectivity index (χ4v) is 3.60. The van der Waals surface area contributed by atoms with E-state index in [0.29, 0.717) is 19.4 Å². The Hall–Kier alpha value is -1.51. The van der Waals surface area contributed by atoms with E-state index >= 15 is 0 Å². The van der Waals surface area contributed by atoms with Crippen LogP contribution in [0.25, 0.3) is 0 Å². The van der Waals surface area contributed by atoms with Crippen molar-refractivity contribution < 1.29 is 18.4 Å². The lowest BCUT2D eigenvalue weighted by Gasteiger charge is -2.29. The molecule has 1 aromatic carbocycles. The minimum absolute atomic E-state index is 0.0328. The van der Waals surface area contributed by atoms with Crippen molar-refractivity contribution in [3.63, 3.8) is 0 Å². The summed E-state index contributed by atoms with van der Waals surface area (Å²) < 4.78 is 25.8. The van der Waals surface area contributed by atoms with Crippen molar-refractivity contribution in [2.24, 2.45) is 0 Å². The molecule has 1 aliphatic heterocycles. The zero-order valence-electron chi connectivity index (χ0n) is 10.1. The first-order valence-electron chi connectivity index (χ1n) is 5.84. The van der Waals surface area contributed by atoms with Crippen LogP contribution >= 0.6 is 0 Å². The van der Waals surface area contributed by atoms with Gasteiger partial charge in [0, 0.05) is 25.2 Å². The molecule has 2 rings (SSSR count). The Bertz CT molecular complexity index is 587. The normalized spacial score (nSPS) is 21.2. The average molecular weight is 286 g/mol. The van der Waals surface area contributed by atoms with Crippen molar-refractivity contribution >= 4 is 15.7 Å². The van der Waals surface area contributed by atoms with E-state index in [-0.39, 0.29) is 17.1 Å². The van der Waals surface area contributed by atoms with Crippen molar-refractivity contribution in [1.29, 1.82) is 0 Å². The van der Waals surface area contributed by atoms with Crippen LogP contribution in [0, 0.1) is 10.1 Å². The number of hydrogen-bond donors (Lipinski definition) is 1. The highest BCUT2D eigenvalue weighted by molar-refractivity contribution is 7.89. The number of nitro groups is 1. The molecule has 0 spiro atoms. The number of sulfonamides is 1. The van der Waals surface area contributed by atoms with Crippen LogP contribution in [-0.4, -0.2) is 41.9 Å². The van der Waals surface area contributed by atoms with Crippen molar-refractivity contribution in [1.82, 2.24) is 4.31 Å². The van der Waals surface area contributed by atoms with Crippen LogP contribution in [0.15, 0.2) is 29.2 Å². The monoisotopic (exact) mass is 286 g/mol. The van der Waals surface area contributed by atoms with Gasteiger partial charge in [0.15, 0.2) is 0 Å². The minimum Gasteiger partial charge on any atom is -0.392 e. The first-order chi connectivity index (χ1) is 8.91. The van der Waals surface area contributed by atoms with E-state index in [1.165, 1.54) is 22.5 Å². The Kier molecular flexibility index (Phi) is 3.83. The van der Waals surface area contributed by atoms with Gasteiger partial charge < -0.3 is 5.11 Å². The summed E-state index contributed by atoms with van der Waals surface area (Å²) >= 11 is 0. The topological polar surface area (TPSA) is 101 Å². The second kappa shape index (κ2) is 5.24. The summed E-state index contributed by atoms with van der Waals surface area (Å²) in [5.74, 6) is 0. The predicted octanol–water partition coefficient (Wildman–Crippen LogP) is 0.740. The Morgan fingerprint density at radius 1 is 1.42 bits per heavy atom. The summed E-state index contributed by atoms with van der Waals surface area (Å²) in [6, 6.07) is 4.94. The Morgan fingerprint density at radius 2 is 2.16 bits per heavy atom. The SMILES string of the molecule is O=[N+]([O-])c1cccc(S(=O)(=O)N2CCC[C@H](O)C2)c1. The molecule has 7 nitrogen and oxygen atoms in total. The fourth-order valence-electron chi connectivity index (χ4n) is 2.05. The maximum atomic E-state index is 12.3. The average Bonchev–Trinajstić information content (AvgIpc) is 2.39. The van der Waals surface area contributed by atoms with Crippen molar-refractivity contribution in [2.75, 3.05) is 13.1 Å². The van der Waals surface area contributed by atoms with Crippen molar-refractivity contribution in [3.05, 3.63) is 34.4 Å². The first-order valence-corrected chi connectivity index (χ1v) is 7.28. The van der Waals surface area contributed by atoms with Crippen LogP contribution in [0.3, 0.4) is 0 Å². The number of hydrogen-bond acceptors (Lipinski definition) is 5. The molecule has 1 N–H and O–H groups in total. The van der Waals surface area contributed by atoms with Crippen LogP contribution in [0.5, 0.6) is 0 Å².